The highest BCUT2D eigenvalue weighted by Crippen LogP contribution is 2.19. The Balaban J connectivity index is 2.10. The average Bonchev–Trinajstić information content (AvgIpc) is 2.39. The molecule has 4 nitrogen and oxygen atoms in total. The van der Waals surface area contributed by atoms with Gasteiger partial charge in [-0.2, -0.15) is 0 Å². The molecule has 2 heterocycles. The first-order chi connectivity index (χ1) is 8.59. The summed E-state index contributed by atoms with van der Waals surface area (Å²) in [5.74, 6) is -0.276. The maximum atomic E-state index is 12.6. The molecule has 0 radical (unpaired) electrons. The largest absolute Gasteiger partial charge is 0.338 e. The van der Waals surface area contributed by atoms with Gasteiger partial charge < -0.3 is 10.2 Å². The maximum Gasteiger partial charge on any atom is 0.279 e. The lowest BCUT2D eigenvalue weighted by molar-refractivity contribution is -0.133. The predicted octanol–water partition coefficient (Wildman–Crippen LogP) is 0.699. The van der Waals surface area contributed by atoms with Crippen molar-refractivity contribution in [2.45, 2.75) is 19.4 Å². The van der Waals surface area contributed by atoms with Crippen molar-refractivity contribution in [1.82, 2.24) is 10.2 Å². The molecule has 0 aromatic rings. The quantitative estimate of drug-likeness (QED) is 0.791. The number of dihydropyridines is 1. The van der Waals surface area contributed by atoms with Gasteiger partial charge in [-0.25, -0.2) is 8.78 Å². The fraction of sp³-hybridized carbons (Fsp3) is 0.667. The van der Waals surface area contributed by atoms with E-state index in [9.17, 15) is 13.6 Å². The number of hydrogen-bond donors (Lipinski definition) is 1. The number of rotatable bonds is 2. The first kappa shape index (κ1) is 13.1. The van der Waals surface area contributed by atoms with E-state index in [4.69, 9.17) is 0 Å². The normalized spacial score (nSPS) is 28.4. The van der Waals surface area contributed by atoms with Gasteiger partial charge in [0.15, 0.2) is 0 Å². The molecule has 0 aliphatic carbocycles. The standard InChI is InChI=1S/C12H17F2N3O/c1-8-2-3-9(11(13)14)16-10(8)12(18)17-6-4-15-5-7-17/h2-3,8,10-11,15H,4-7H2,1H3. The van der Waals surface area contributed by atoms with Gasteiger partial charge in [0, 0.05) is 32.1 Å². The molecule has 100 valence electrons. The van der Waals surface area contributed by atoms with Crippen molar-refractivity contribution in [3.05, 3.63) is 12.2 Å². The van der Waals surface area contributed by atoms with Gasteiger partial charge in [0.05, 0.1) is 0 Å². The van der Waals surface area contributed by atoms with Crippen LogP contribution in [0, 0.1) is 5.92 Å². The Morgan fingerprint density at radius 2 is 2.17 bits per heavy atom. The van der Waals surface area contributed by atoms with Crippen molar-refractivity contribution >= 4 is 11.6 Å². The highest BCUT2D eigenvalue weighted by atomic mass is 19.3. The van der Waals surface area contributed by atoms with Gasteiger partial charge >= 0.3 is 0 Å². The molecule has 18 heavy (non-hydrogen) atoms. The van der Waals surface area contributed by atoms with E-state index in [1.807, 2.05) is 6.92 Å². The van der Waals surface area contributed by atoms with Gasteiger partial charge in [0.2, 0.25) is 5.91 Å². The number of aliphatic imine (C=N–C) groups is 1. The van der Waals surface area contributed by atoms with Gasteiger partial charge in [-0.1, -0.05) is 13.0 Å². The van der Waals surface area contributed by atoms with Crippen LogP contribution in [0.4, 0.5) is 8.78 Å². The van der Waals surface area contributed by atoms with E-state index in [0.29, 0.717) is 13.1 Å². The predicted molar refractivity (Wildman–Crippen MR) is 65.0 cm³/mol. The Hall–Kier alpha value is -1.30. The van der Waals surface area contributed by atoms with Crippen molar-refractivity contribution in [1.29, 1.82) is 0 Å². The Bertz CT molecular complexity index is 376. The van der Waals surface area contributed by atoms with E-state index in [1.165, 1.54) is 6.08 Å². The van der Waals surface area contributed by atoms with Gasteiger partial charge in [0.1, 0.15) is 11.8 Å². The van der Waals surface area contributed by atoms with Gasteiger partial charge in [0.25, 0.3) is 6.43 Å². The third-order valence-corrected chi connectivity index (χ3v) is 3.26. The Morgan fingerprint density at radius 3 is 2.78 bits per heavy atom. The summed E-state index contributed by atoms with van der Waals surface area (Å²) >= 11 is 0. The fourth-order valence-corrected chi connectivity index (χ4v) is 2.16. The van der Waals surface area contributed by atoms with Crippen molar-refractivity contribution in [3.8, 4) is 0 Å². The number of alkyl halides is 2. The van der Waals surface area contributed by atoms with E-state index >= 15 is 0 Å². The molecule has 1 amide bonds. The minimum Gasteiger partial charge on any atom is -0.338 e. The fourth-order valence-electron chi connectivity index (χ4n) is 2.16. The van der Waals surface area contributed by atoms with Crippen molar-refractivity contribution in [2.24, 2.45) is 10.9 Å². The van der Waals surface area contributed by atoms with E-state index < -0.39 is 12.5 Å². The van der Waals surface area contributed by atoms with E-state index in [-0.39, 0.29) is 17.5 Å². The molecule has 2 unspecified atom stereocenters. The van der Waals surface area contributed by atoms with Crippen LogP contribution in [0.15, 0.2) is 17.1 Å². The molecule has 2 atom stereocenters. The summed E-state index contributed by atoms with van der Waals surface area (Å²) in [6.07, 6.45) is 0.336. The molecule has 1 saturated heterocycles. The lowest BCUT2D eigenvalue weighted by atomic mass is 9.97. The number of nitrogens with zero attached hydrogens (tertiary/aromatic N) is 2. The number of amides is 1. The number of allylic oxidation sites excluding steroid dienone is 1. The molecule has 2 aliphatic heterocycles. The summed E-state index contributed by atoms with van der Waals surface area (Å²) in [4.78, 5) is 17.8. The van der Waals surface area contributed by atoms with Crippen LogP contribution < -0.4 is 5.32 Å². The molecule has 1 N–H and O–H groups in total. The molecule has 0 aromatic heterocycles. The summed E-state index contributed by atoms with van der Waals surface area (Å²) in [7, 11) is 0. The lowest BCUT2D eigenvalue weighted by Gasteiger charge is -2.32. The Labute approximate surface area is 105 Å². The molecular weight excluding hydrogens is 240 g/mol. The number of nitrogens with one attached hydrogen (secondary N) is 1. The third-order valence-electron chi connectivity index (χ3n) is 3.26. The van der Waals surface area contributed by atoms with Crippen molar-refractivity contribution in [2.75, 3.05) is 26.2 Å². The van der Waals surface area contributed by atoms with Crippen LogP contribution in [0.25, 0.3) is 0 Å². The van der Waals surface area contributed by atoms with Gasteiger partial charge in [-0.05, 0) is 6.08 Å². The smallest absolute Gasteiger partial charge is 0.279 e. The zero-order valence-corrected chi connectivity index (χ0v) is 10.3. The molecule has 2 rings (SSSR count). The second kappa shape index (κ2) is 5.56. The third kappa shape index (κ3) is 2.75. The Morgan fingerprint density at radius 1 is 1.50 bits per heavy atom. The summed E-state index contributed by atoms with van der Waals surface area (Å²) < 4.78 is 25.2. The molecule has 6 heteroatoms. The van der Waals surface area contributed by atoms with Crippen LogP contribution in [-0.4, -0.2) is 55.2 Å². The van der Waals surface area contributed by atoms with Gasteiger partial charge in [-0.3, -0.25) is 9.79 Å². The molecule has 1 fully saturated rings. The van der Waals surface area contributed by atoms with Crippen LogP contribution >= 0.6 is 0 Å². The molecule has 0 spiro atoms. The highest BCUT2D eigenvalue weighted by Gasteiger charge is 2.31. The van der Waals surface area contributed by atoms with Crippen LogP contribution in [0.5, 0.6) is 0 Å². The summed E-state index contributed by atoms with van der Waals surface area (Å²) in [5, 5.41) is 3.15. The first-order valence-electron chi connectivity index (χ1n) is 6.13. The second-order valence-electron chi connectivity index (χ2n) is 4.59. The monoisotopic (exact) mass is 257 g/mol. The number of halogens is 2. The Kier molecular flexibility index (Phi) is 4.06. The molecule has 2 aliphatic rings. The topological polar surface area (TPSA) is 44.7 Å². The summed E-state index contributed by atoms with van der Waals surface area (Å²) in [6.45, 7) is 4.55. The lowest BCUT2D eigenvalue weighted by Crippen LogP contribution is -2.51. The zero-order chi connectivity index (χ0) is 13.1. The molecule has 0 bridgehead atoms. The number of piperazine rings is 1. The van der Waals surface area contributed by atoms with Crippen molar-refractivity contribution in [3.63, 3.8) is 0 Å². The number of hydrogen-bond acceptors (Lipinski definition) is 3. The average molecular weight is 257 g/mol. The molecule has 0 saturated carbocycles. The summed E-state index contributed by atoms with van der Waals surface area (Å²) in [6, 6.07) is -0.697. The van der Waals surface area contributed by atoms with Crippen LogP contribution in [0.2, 0.25) is 0 Å². The minimum absolute atomic E-state index is 0.130. The van der Waals surface area contributed by atoms with E-state index in [0.717, 1.165) is 13.1 Å². The maximum absolute atomic E-state index is 12.6. The number of carbonyl (C=O) groups is 1. The zero-order valence-electron chi connectivity index (χ0n) is 10.3. The van der Waals surface area contributed by atoms with Gasteiger partial charge in [-0.15, -0.1) is 0 Å². The van der Waals surface area contributed by atoms with Crippen LogP contribution in [-0.2, 0) is 4.79 Å². The second-order valence-corrected chi connectivity index (χ2v) is 4.59. The van der Waals surface area contributed by atoms with Crippen LogP contribution in [0.3, 0.4) is 0 Å². The first-order valence-corrected chi connectivity index (χ1v) is 6.13. The van der Waals surface area contributed by atoms with Crippen LogP contribution in [0.1, 0.15) is 6.92 Å². The van der Waals surface area contributed by atoms with Crippen molar-refractivity contribution < 1.29 is 13.6 Å². The molecule has 0 aromatic carbocycles. The van der Waals surface area contributed by atoms with E-state index in [1.54, 1.807) is 11.0 Å². The molecular formula is C12H17F2N3O. The van der Waals surface area contributed by atoms with E-state index in [2.05, 4.69) is 10.3 Å². The SMILES string of the molecule is CC1C=CC(C(F)F)=NC1C(=O)N1CCNCC1. The summed E-state index contributed by atoms with van der Waals surface area (Å²) in [5.41, 5.74) is -0.290. The number of carbonyl (C=O) groups excluding carboxylic acids is 1. The minimum atomic E-state index is -2.62. The highest BCUT2D eigenvalue weighted by molar-refractivity contribution is 6.00.